The van der Waals surface area contributed by atoms with Crippen LogP contribution in [0.1, 0.15) is 51.7 Å². The molecule has 0 aliphatic carbocycles. The Morgan fingerprint density at radius 3 is 2.74 bits per heavy atom. The van der Waals surface area contributed by atoms with Gasteiger partial charge in [-0.25, -0.2) is 0 Å². The van der Waals surface area contributed by atoms with E-state index in [1.165, 1.54) is 19.3 Å². The van der Waals surface area contributed by atoms with Crippen LogP contribution in [0.4, 0.5) is 0 Å². The van der Waals surface area contributed by atoms with Crippen molar-refractivity contribution in [3.63, 3.8) is 0 Å². The van der Waals surface area contributed by atoms with E-state index in [4.69, 9.17) is 4.52 Å². The van der Waals surface area contributed by atoms with Crippen molar-refractivity contribution in [2.24, 2.45) is 5.92 Å². The quantitative estimate of drug-likeness (QED) is 0.900. The largest absolute Gasteiger partial charge is 0.339 e. The van der Waals surface area contributed by atoms with Crippen LogP contribution in [0.25, 0.3) is 0 Å². The lowest BCUT2D eigenvalue weighted by Gasteiger charge is -2.21. The minimum atomic E-state index is 0.246. The van der Waals surface area contributed by atoms with Gasteiger partial charge < -0.3 is 9.84 Å². The van der Waals surface area contributed by atoms with Crippen molar-refractivity contribution >= 4 is 11.8 Å². The van der Waals surface area contributed by atoms with Gasteiger partial charge in [0.25, 0.3) is 0 Å². The lowest BCUT2D eigenvalue weighted by molar-refractivity contribution is 0.323. The lowest BCUT2D eigenvalue weighted by atomic mass is 9.93. The molecule has 1 fully saturated rings. The van der Waals surface area contributed by atoms with E-state index in [0.29, 0.717) is 0 Å². The molecular weight excluding hydrogens is 258 g/mol. The van der Waals surface area contributed by atoms with Gasteiger partial charge >= 0.3 is 0 Å². The SMILES string of the molecule is CC(C)(C)SCc1noc(CCC2CCNCC2)n1. The Balaban J connectivity index is 1.74. The molecule has 0 atom stereocenters. The second-order valence-corrected chi connectivity index (χ2v) is 8.04. The topological polar surface area (TPSA) is 51.0 Å². The monoisotopic (exact) mass is 283 g/mol. The first-order valence-corrected chi connectivity index (χ1v) is 8.17. The van der Waals surface area contributed by atoms with E-state index in [1.54, 1.807) is 0 Å². The van der Waals surface area contributed by atoms with Crippen LogP contribution in [0.3, 0.4) is 0 Å². The Morgan fingerprint density at radius 2 is 2.05 bits per heavy atom. The minimum Gasteiger partial charge on any atom is -0.339 e. The number of hydrogen-bond acceptors (Lipinski definition) is 5. The molecule has 1 saturated heterocycles. The first kappa shape index (κ1) is 14.9. The fourth-order valence-corrected chi connectivity index (χ4v) is 2.91. The maximum atomic E-state index is 5.33. The highest BCUT2D eigenvalue weighted by Gasteiger charge is 2.16. The molecule has 108 valence electrons. The normalized spacial score (nSPS) is 17.8. The van der Waals surface area contributed by atoms with Crippen molar-refractivity contribution in [1.82, 2.24) is 15.5 Å². The summed E-state index contributed by atoms with van der Waals surface area (Å²) in [5, 5.41) is 7.46. The summed E-state index contributed by atoms with van der Waals surface area (Å²) in [6.07, 6.45) is 4.66. The highest BCUT2D eigenvalue weighted by Crippen LogP contribution is 2.26. The number of rotatable bonds is 5. The van der Waals surface area contributed by atoms with Crippen molar-refractivity contribution in [2.45, 2.75) is 57.0 Å². The van der Waals surface area contributed by atoms with Crippen LogP contribution in [-0.4, -0.2) is 28.0 Å². The molecule has 0 bridgehead atoms. The Bertz CT molecular complexity index is 380. The molecule has 19 heavy (non-hydrogen) atoms. The molecule has 2 rings (SSSR count). The number of aromatic nitrogens is 2. The third-order valence-electron chi connectivity index (χ3n) is 3.37. The summed E-state index contributed by atoms with van der Waals surface area (Å²) in [7, 11) is 0. The Kier molecular flexibility index (Phi) is 5.28. The van der Waals surface area contributed by atoms with Crippen molar-refractivity contribution < 1.29 is 4.52 Å². The number of thioether (sulfide) groups is 1. The third kappa shape index (κ3) is 5.53. The van der Waals surface area contributed by atoms with Crippen molar-refractivity contribution in [2.75, 3.05) is 13.1 Å². The Morgan fingerprint density at radius 1 is 1.32 bits per heavy atom. The number of nitrogens with zero attached hydrogens (tertiary/aromatic N) is 2. The van der Waals surface area contributed by atoms with Gasteiger partial charge in [-0.05, 0) is 38.3 Å². The second-order valence-electron chi connectivity index (χ2n) is 6.24. The zero-order valence-electron chi connectivity index (χ0n) is 12.2. The summed E-state index contributed by atoms with van der Waals surface area (Å²) in [5.41, 5.74) is 0. The smallest absolute Gasteiger partial charge is 0.226 e. The van der Waals surface area contributed by atoms with Gasteiger partial charge in [0.15, 0.2) is 5.82 Å². The molecule has 0 spiro atoms. The molecule has 0 unspecified atom stereocenters. The predicted octanol–water partition coefficient (Wildman–Crippen LogP) is 3.03. The minimum absolute atomic E-state index is 0.246. The van der Waals surface area contributed by atoms with Crippen LogP contribution < -0.4 is 5.32 Å². The standard InChI is InChI=1S/C14H25N3OS/c1-14(2,3)19-10-12-16-13(18-17-12)5-4-11-6-8-15-9-7-11/h11,15H,4-10H2,1-3H3. The van der Waals surface area contributed by atoms with E-state index in [2.05, 4.69) is 36.2 Å². The fourth-order valence-electron chi connectivity index (χ4n) is 2.23. The molecule has 1 aromatic rings. The van der Waals surface area contributed by atoms with E-state index in [0.717, 1.165) is 42.9 Å². The molecule has 1 aliphatic rings. The third-order valence-corrected chi connectivity index (χ3v) is 4.64. The van der Waals surface area contributed by atoms with E-state index in [-0.39, 0.29) is 4.75 Å². The molecule has 0 saturated carbocycles. The van der Waals surface area contributed by atoms with Gasteiger partial charge in [0, 0.05) is 11.2 Å². The maximum absolute atomic E-state index is 5.33. The molecule has 1 aliphatic heterocycles. The molecule has 0 radical (unpaired) electrons. The summed E-state index contributed by atoms with van der Waals surface area (Å²) in [6.45, 7) is 8.92. The zero-order chi connectivity index (χ0) is 13.7. The Labute approximate surface area is 120 Å². The fraction of sp³-hybridized carbons (Fsp3) is 0.857. The summed E-state index contributed by atoms with van der Waals surface area (Å²) >= 11 is 1.85. The molecule has 0 amide bonds. The first-order chi connectivity index (χ1) is 9.03. The second kappa shape index (κ2) is 6.75. The van der Waals surface area contributed by atoms with Crippen LogP contribution >= 0.6 is 11.8 Å². The summed E-state index contributed by atoms with van der Waals surface area (Å²) in [6, 6.07) is 0. The van der Waals surface area contributed by atoms with Crippen molar-refractivity contribution in [3.05, 3.63) is 11.7 Å². The first-order valence-electron chi connectivity index (χ1n) is 7.19. The van der Waals surface area contributed by atoms with Gasteiger partial charge in [0.05, 0.1) is 5.75 Å². The van der Waals surface area contributed by atoms with E-state index in [9.17, 15) is 0 Å². The van der Waals surface area contributed by atoms with Crippen molar-refractivity contribution in [1.29, 1.82) is 0 Å². The maximum Gasteiger partial charge on any atom is 0.226 e. The summed E-state index contributed by atoms with van der Waals surface area (Å²) in [5.74, 6) is 3.30. The Hall–Kier alpha value is -0.550. The average Bonchev–Trinajstić information content (AvgIpc) is 2.82. The average molecular weight is 283 g/mol. The van der Waals surface area contributed by atoms with Gasteiger partial charge in [-0.3, -0.25) is 0 Å². The number of hydrogen-bond donors (Lipinski definition) is 1. The number of nitrogens with one attached hydrogen (secondary N) is 1. The predicted molar refractivity (Wildman–Crippen MR) is 79.3 cm³/mol. The summed E-state index contributed by atoms with van der Waals surface area (Å²) < 4.78 is 5.58. The molecule has 0 aromatic carbocycles. The zero-order valence-corrected chi connectivity index (χ0v) is 13.1. The molecule has 2 heterocycles. The lowest BCUT2D eigenvalue weighted by Crippen LogP contribution is -2.27. The van der Waals surface area contributed by atoms with Crippen molar-refractivity contribution in [3.8, 4) is 0 Å². The van der Waals surface area contributed by atoms with Gasteiger partial charge in [0.2, 0.25) is 5.89 Å². The molecule has 1 aromatic heterocycles. The number of piperidine rings is 1. The number of aryl methyl sites for hydroxylation is 1. The van der Waals surface area contributed by atoms with Crippen LogP contribution in [0, 0.1) is 5.92 Å². The van der Waals surface area contributed by atoms with Gasteiger partial charge in [-0.15, -0.1) is 11.8 Å². The van der Waals surface area contributed by atoms with Crippen LogP contribution in [0.5, 0.6) is 0 Å². The van der Waals surface area contributed by atoms with Gasteiger partial charge in [0.1, 0.15) is 0 Å². The molecule has 1 N–H and O–H groups in total. The van der Waals surface area contributed by atoms with E-state index < -0.39 is 0 Å². The van der Waals surface area contributed by atoms with E-state index >= 15 is 0 Å². The highest BCUT2D eigenvalue weighted by molar-refractivity contribution is 7.99. The highest BCUT2D eigenvalue weighted by atomic mass is 32.2. The van der Waals surface area contributed by atoms with Gasteiger partial charge in [-0.1, -0.05) is 25.9 Å². The van der Waals surface area contributed by atoms with Crippen LogP contribution in [0.15, 0.2) is 4.52 Å². The van der Waals surface area contributed by atoms with Crippen LogP contribution in [0.2, 0.25) is 0 Å². The van der Waals surface area contributed by atoms with Gasteiger partial charge in [-0.2, -0.15) is 4.98 Å². The molecular formula is C14H25N3OS. The molecule has 5 heteroatoms. The summed E-state index contributed by atoms with van der Waals surface area (Å²) in [4.78, 5) is 4.48. The molecule has 4 nitrogen and oxygen atoms in total. The van der Waals surface area contributed by atoms with E-state index in [1.807, 2.05) is 11.8 Å². The van der Waals surface area contributed by atoms with Crippen LogP contribution in [-0.2, 0) is 12.2 Å².